The van der Waals surface area contributed by atoms with E-state index >= 15 is 0 Å². The number of nitro benzene ring substituents is 1. The molecule has 0 radical (unpaired) electrons. The van der Waals surface area contributed by atoms with Gasteiger partial charge in [-0.25, -0.2) is 4.68 Å². The SMILES string of the molecule is O=[N+]([O-])c1ccc(C=Nn2c(-c3cc4ccccc4o3)csc2=NCCc2ccccc2)cc1. The predicted octanol–water partition coefficient (Wildman–Crippen LogP) is 5.90. The average Bonchev–Trinajstić information content (AvgIpc) is 3.47. The maximum absolute atomic E-state index is 10.9. The van der Waals surface area contributed by atoms with Crippen molar-refractivity contribution in [2.24, 2.45) is 10.1 Å². The standard InChI is InChI=1S/C26H20N4O3S/c31-30(32)22-12-10-20(11-13-22)17-28-29-23(25-16-21-8-4-5-9-24(21)33-25)18-34-26(29)27-15-14-19-6-2-1-3-7-19/h1-13,16-18H,14-15H2. The van der Waals surface area contributed by atoms with E-state index in [1.165, 1.54) is 29.0 Å². The topological polar surface area (TPSA) is 85.9 Å². The van der Waals surface area contributed by atoms with Crippen LogP contribution in [0.4, 0.5) is 5.69 Å². The molecule has 0 saturated carbocycles. The molecule has 0 amide bonds. The number of fused-ring (bicyclic) bond motifs is 1. The van der Waals surface area contributed by atoms with E-state index in [9.17, 15) is 10.1 Å². The zero-order valence-corrected chi connectivity index (χ0v) is 18.9. The third kappa shape index (κ3) is 4.72. The summed E-state index contributed by atoms with van der Waals surface area (Å²) in [4.78, 5) is 16.0. The van der Waals surface area contributed by atoms with E-state index < -0.39 is 4.92 Å². The molecule has 5 rings (SSSR count). The van der Waals surface area contributed by atoms with Crippen LogP contribution < -0.4 is 4.80 Å². The second kappa shape index (κ2) is 9.68. The number of hydrogen-bond donors (Lipinski definition) is 0. The van der Waals surface area contributed by atoms with Crippen LogP contribution in [0.5, 0.6) is 0 Å². The molecule has 2 heterocycles. The summed E-state index contributed by atoms with van der Waals surface area (Å²) in [5.74, 6) is 0.697. The summed E-state index contributed by atoms with van der Waals surface area (Å²) in [6.07, 6.45) is 2.49. The lowest BCUT2D eigenvalue weighted by Crippen LogP contribution is -2.13. The normalized spacial score (nSPS) is 12.1. The molecule has 0 unspecified atom stereocenters. The number of para-hydroxylation sites is 1. The van der Waals surface area contributed by atoms with Crippen LogP contribution in [-0.4, -0.2) is 22.4 Å². The molecule has 168 valence electrons. The minimum absolute atomic E-state index is 0.0416. The van der Waals surface area contributed by atoms with Gasteiger partial charge in [0.25, 0.3) is 5.69 Å². The molecular weight excluding hydrogens is 448 g/mol. The first-order valence-electron chi connectivity index (χ1n) is 10.7. The summed E-state index contributed by atoms with van der Waals surface area (Å²) in [6.45, 7) is 0.622. The van der Waals surface area contributed by atoms with Crippen LogP contribution in [0, 0.1) is 10.1 Å². The number of rotatable bonds is 7. The van der Waals surface area contributed by atoms with Crippen LogP contribution in [0.2, 0.25) is 0 Å². The van der Waals surface area contributed by atoms with E-state index in [1.54, 1.807) is 23.0 Å². The number of nitrogens with zero attached hydrogens (tertiary/aromatic N) is 4. The Morgan fingerprint density at radius 2 is 1.76 bits per heavy atom. The monoisotopic (exact) mass is 468 g/mol. The lowest BCUT2D eigenvalue weighted by molar-refractivity contribution is -0.384. The Kier molecular flexibility index (Phi) is 6.13. The zero-order valence-electron chi connectivity index (χ0n) is 18.1. The van der Waals surface area contributed by atoms with Gasteiger partial charge in [0, 0.05) is 29.4 Å². The number of benzene rings is 3. The van der Waals surface area contributed by atoms with Crippen LogP contribution in [-0.2, 0) is 6.42 Å². The first-order chi connectivity index (χ1) is 16.7. The number of hydrogen-bond acceptors (Lipinski definition) is 6. The van der Waals surface area contributed by atoms with Crippen molar-refractivity contribution < 1.29 is 9.34 Å². The van der Waals surface area contributed by atoms with Crippen molar-refractivity contribution in [2.45, 2.75) is 6.42 Å². The van der Waals surface area contributed by atoms with Gasteiger partial charge in [-0.15, -0.1) is 11.3 Å². The van der Waals surface area contributed by atoms with Gasteiger partial charge in [0.1, 0.15) is 11.3 Å². The van der Waals surface area contributed by atoms with Gasteiger partial charge in [-0.1, -0.05) is 48.5 Å². The molecule has 7 nitrogen and oxygen atoms in total. The Morgan fingerprint density at radius 1 is 1.00 bits per heavy atom. The van der Waals surface area contributed by atoms with Crippen LogP contribution in [0.1, 0.15) is 11.1 Å². The quantitative estimate of drug-likeness (QED) is 0.169. The molecule has 0 atom stereocenters. The zero-order chi connectivity index (χ0) is 23.3. The number of furan rings is 1. The Balaban J connectivity index is 1.51. The van der Waals surface area contributed by atoms with E-state index in [2.05, 4.69) is 17.2 Å². The largest absolute Gasteiger partial charge is 0.454 e. The van der Waals surface area contributed by atoms with Gasteiger partial charge < -0.3 is 4.42 Å². The molecule has 0 saturated heterocycles. The van der Waals surface area contributed by atoms with Crippen LogP contribution in [0.25, 0.3) is 22.4 Å². The maximum Gasteiger partial charge on any atom is 0.269 e. The average molecular weight is 469 g/mol. The lowest BCUT2D eigenvalue weighted by Gasteiger charge is -2.01. The first-order valence-corrected chi connectivity index (χ1v) is 11.6. The number of aromatic nitrogens is 1. The van der Waals surface area contributed by atoms with Gasteiger partial charge in [0.05, 0.1) is 11.1 Å². The van der Waals surface area contributed by atoms with E-state index in [-0.39, 0.29) is 5.69 Å². The fraction of sp³-hybridized carbons (Fsp3) is 0.0769. The second-order valence-electron chi connectivity index (χ2n) is 7.57. The van der Waals surface area contributed by atoms with E-state index in [1.807, 2.05) is 53.9 Å². The molecule has 0 aliphatic carbocycles. The highest BCUT2D eigenvalue weighted by molar-refractivity contribution is 7.07. The Morgan fingerprint density at radius 3 is 2.53 bits per heavy atom. The molecular formula is C26H20N4O3S. The van der Waals surface area contributed by atoms with Gasteiger partial charge in [0.2, 0.25) is 4.80 Å². The summed E-state index contributed by atoms with van der Waals surface area (Å²) in [5, 5.41) is 18.6. The smallest absolute Gasteiger partial charge is 0.269 e. The molecule has 0 spiro atoms. The van der Waals surface area contributed by atoms with Crippen LogP contribution >= 0.6 is 11.3 Å². The van der Waals surface area contributed by atoms with Gasteiger partial charge in [-0.3, -0.25) is 15.1 Å². The van der Waals surface area contributed by atoms with E-state index in [0.29, 0.717) is 12.3 Å². The number of nitro groups is 1. The molecule has 0 aliphatic heterocycles. The fourth-order valence-corrected chi connectivity index (χ4v) is 4.37. The molecule has 8 heteroatoms. The summed E-state index contributed by atoms with van der Waals surface area (Å²) in [5.41, 5.74) is 3.60. The Bertz CT molecular complexity index is 1500. The summed E-state index contributed by atoms with van der Waals surface area (Å²) in [7, 11) is 0. The second-order valence-corrected chi connectivity index (χ2v) is 8.41. The summed E-state index contributed by atoms with van der Waals surface area (Å²) >= 11 is 1.49. The Labute approximate surface area is 199 Å². The van der Waals surface area contributed by atoms with Crippen molar-refractivity contribution >= 4 is 34.2 Å². The molecule has 5 aromatic rings. The third-order valence-corrected chi connectivity index (χ3v) is 6.13. The van der Waals surface area contributed by atoms with Crippen molar-refractivity contribution in [2.75, 3.05) is 6.54 Å². The molecule has 0 bridgehead atoms. The van der Waals surface area contributed by atoms with Crippen molar-refractivity contribution in [1.29, 1.82) is 0 Å². The van der Waals surface area contributed by atoms with E-state index in [4.69, 9.17) is 9.41 Å². The molecule has 3 aromatic carbocycles. The van der Waals surface area contributed by atoms with Crippen molar-refractivity contribution in [3.05, 3.63) is 116 Å². The van der Waals surface area contributed by atoms with Gasteiger partial charge in [0.15, 0.2) is 5.76 Å². The van der Waals surface area contributed by atoms with Crippen molar-refractivity contribution in [3.8, 4) is 11.5 Å². The molecule has 0 aliphatic rings. The van der Waals surface area contributed by atoms with Gasteiger partial charge in [-0.2, -0.15) is 5.10 Å². The van der Waals surface area contributed by atoms with Crippen LogP contribution in [0.3, 0.4) is 0 Å². The number of thiazole rings is 1. The molecule has 2 aromatic heterocycles. The van der Waals surface area contributed by atoms with Gasteiger partial charge >= 0.3 is 0 Å². The lowest BCUT2D eigenvalue weighted by atomic mass is 10.2. The molecule has 34 heavy (non-hydrogen) atoms. The molecule has 0 N–H and O–H groups in total. The highest BCUT2D eigenvalue weighted by Gasteiger charge is 2.13. The highest BCUT2D eigenvalue weighted by Crippen LogP contribution is 2.28. The van der Waals surface area contributed by atoms with Crippen molar-refractivity contribution in [1.82, 2.24) is 4.68 Å². The van der Waals surface area contributed by atoms with E-state index in [0.717, 1.165) is 33.4 Å². The highest BCUT2D eigenvalue weighted by atomic mass is 32.1. The Hall–Kier alpha value is -4.30. The summed E-state index contributed by atoms with van der Waals surface area (Å²) in [6, 6.07) is 26.3. The minimum Gasteiger partial charge on any atom is -0.454 e. The maximum atomic E-state index is 10.9. The van der Waals surface area contributed by atoms with Crippen molar-refractivity contribution in [3.63, 3.8) is 0 Å². The predicted molar refractivity (Wildman–Crippen MR) is 134 cm³/mol. The molecule has 0 fully saturated rings. The van der Waals surface area contributed by atoms with Crippen LogP contribution in [0.15, 0.2) is 105 Å². The summed E-state index contributed by atoms with van der Waals surface area (Å²) < 4.78 is 7.83. The van der Waals surface area contributed by atoms with Gasteiger partial charge in [-0.05, 0) is 41.8 Å². The fourth-order valence-electron chi connectivity index (χ4n) is 3.53. The number of non-ortho nitro benzene ring substituents is 1. The first kappa shape index (κ1) is 21.5. The minimum atomic E-state index is -0.419. The third-order valence-electron chi connectivity index (χ3n) is 5.28.